The second-order valence-electron chi connectivity index (χ2n) is 7.25. The third kappa shape index (κ3) is 7.90. The minimum absolute atomic E-state index is 0.120. The smallest absolute Gasteiger partial charge is 0.302 e. The third-order valence-electron chi connectivity index (χ3n) is 4.63. The molecular formula is C23H32N2O2. The van der Waals surface area contributed by atoms with Crippen LogP contribution in [0, 0.1) is 0 Å². The summed E-state index contributed by atoms with van der Waals surface area (Å²) in [5.74, 6) is 0.509. The van der Waals surface area contributed by atoms with Crippen molar-refractivity contribution < 1.29 is 9.53 Å². The molecule has 0 spiro atoms. The Hall–Kier alpha value is -2.23. The molecule has 0 amide bonds. The number of hydrogen-bond acceptors (Lipinski definition) is 4. The van der Waals surface area contributed by atoms with Crippen molar-refractivity contribution in [3.63, 3.8) is 0 Å². The van der Waals surface area contributed by atoms with Crippen LogP contribution in [0.25, 0.3) is 11.4 Å². The minimum Gasteiger partial charge on any atom is -0.463 e. The quantitative estimate of drug-likeness (QED) is 0.386. The molecular weight excluding hydrogens is 336 g/mol. The zero-order chi connectivity index (χ0) is 19.5. The van der Waals surface area contributed by atoms with Crippen molar-refractivity contribution >= 4 is 5.97 Å². The molecule has 0 radical (unpaired) electrons. The van der Waals surface area contributed by atoms with Crippen LogP contribution in [0.2, 0.25) is 0 Å². The van der Waals surface area contributed by atoms with Gasteiger partial charge in [-0.2, -0.15) is 0 Å². The zero-order valence-electron chi connectivity index (χ0n) is 16.9. The lowest BCUT2D eigenvalue weighted by Crippen LogP contribution is -2.14. The van der Waals surface area contributed by atoms with Gasteiger partial charge in [0.05, 0.1) is 0 Å². The van der Waals surface area contributed by atoms with E-state index in [4.69, 9.17) is 4.74 Å². The van der Waals surface area contributed by atoms with Gasteiger partial charge in [-0.05, 0) is 30.9 Å². The van der Waals surface area contributed by atoms with Crippen LogP contribution in [0.3, 0.4) is 0 Å². The standard InChI is InChI=1S/C23H32N2O2/c1-4-5-6-7-8-9-10-21-16-24-23(25-17-21)22-13-11-20(12-14-22)15-18(2)27-19(3)26/h11-14,16-18H,4-10,15H2,1-3H3. The van der Waals surface area contributed by atoms with Crippen LogP contribution in [0.5, 0.6) is 0 Å². The summed E-state index contributed by atoms with van der Waals surface area (Å²) in [6.45, 7) is 5.59. The van der Waals surface area contributed by atoms with Crippen LogP contribution in [-0.4, -0.2) is 22.0 Å². The van der Waals surface area contributed by atoms with Gasteiger partial charge in [-0.25, -0.2) is 9.97 Å². The van der Waals surface area contributed by atoms with Gasteiger partial charge in [0.2, 0.25) is 0 Å². The minimum atomic E-state index is -0.242. The summed E-state index contributed by atoms with van der Waals surface area (Å²) in [6.07, 6.45) is 13.4. The van der Waals surface area contributed by atoms with Gasteiger partial charge in [-0.15, -0.1) is 0 Å². The molecule has 27 heavy (non-hydrogen) atoms. The topological polar surface area (TPSA) is 52.1 Å². The Labute approximate surface area is 163 Å². The average Bonchev–Trinajstić information content (AvgIpc) is 2.65. The number of benzene rings is 1. The molecule has 0 fully saturated rings. The fraction of sp³-hybridized carbons (Fsp3) is 0.522. The van der Waals surface area contributed by atoms with Gasteiger partial charge in [-0.3, -0.25) is 4.79 Å². The van der Waals surface area contributed by atoms with E-state index in [1.807, 2.05) is 43.6 Å². The second-order valence-corrected chi connectivity index (χ2v) is 7.25. The summed E-state index contributed by atoms with van der Waals surface area (Å²) in [4.78, 5) is 20.1. The predicted molar refractivity (Wildman–Crippen MR) is 109 cm³/mol. The van der Waals surface area contributed by atoms with Gasteiger partial charge in [0.15, 0.2) is 5.82 Å². The number of hydrogen-bond donors (Lipinski definition) is 0. The summed E-state index contributed by atoms with van der Waals surface area (Å²) < 4.78 is 5.18. The number of esters is 1. The molecule has 0 N–H and O–H groups in total. The molecule has 0 saturated heterocycles. The summed E-state index contributed by atoms with van der Waals surface area (Å²) in [7, 11) is 0. The van der Waals surface area contributed by atoms with Crippen LogP contribution >= 0.6 is 0 Å². The Morgan fingerprint density at radius 3 is 2.22 bits per heavy atom. The van der Waals surface area contributed by atoms with Crippen molar-refractivity contribution in [2.24, 2.45) is 0 Å². The molecule has 0 aliphatic heterocycles. The average molecular weight is 369 g/mol. The lowest BCUT2D eigenvalue weighted by atomic mass is 10.1. The third-order valence-corrected chi connectivity index (χ3v) is 4.63. The Kier molecular flexibility index (Phi) is 8.96. The fourth-order valence-corrected chi connectivity index (χ4v) is 3.19. The maximum Gasteiger partial charge on any atom is 0.302 e. The van der Waals surface area contributed by atoms with Gasteiger partial charge in [-0.1, -0.05) is 63.3 Å². The number of nitrogens with zero attached hydrogens (tertiary/aromatic N) is 2. The molecule has 0 aliphatic carbocycles. The van der Waals surface area contributed by atoms with Gasteiger partial charge in [0.1, 0.15) is 6.10 Å². The van der Waals surface area contributed by atoms with E-state index >= 15 is 0 Å². The lowest BCUT2D eigenvalue weighted by molar-refractivity contribution is -0.145. The molecule has 1 atom stereocenters. The van der Waals surface area contributed by atoms with Crippen LogP contribution < -0.4 is 0 Å². The molecule has 0 bridgehead atoms. The number of aromatic nitrogens is 2. The summed E-state index contributed by atoms with van der Waals surface area (Å²) >= 11 is 0. The molecule has 146 valence electrons. The normalized spacial score (nSPS) is 12.0. The highest BCUT2D eigenvalue weighted by Crippen LogP contribution is 2.17. The highest BCUT2D eigenvalue weighted by molar-refractivity contribution is 5.66. The number of ether oxygens (including phenoxy) is 1. The number of carbonyl (C=O) groups excluding carboxylic acids is 1. The maximum atomic E-state index is 11.0. The highest BCUT2D eigenvalue weighted by Gasteiger charge is 2.08. The second kappa shape index (κ2) is 11.5. The molecule has 4 heteroatoms. The van der Waals surface area contributed by atoms with Crippen molar-refractivity contribution in [2.75, 3.05) is 0 Å². The lowest BCUT2D eigenvalue weighted by Gasteiger charge is -2.12. The fourth-order valence-electron chi connectivity index (χ4n) is 3.19. The van der Waals surface area contributed by atoms with Gasteiger partial charge >= 0.3 is 5.97 Å². The maximum absolute atomic E-state index is 11.0. The van der Waals surface area contributed by atoms with E-state index < -0.39 is 0 Å². The molecule has 2 rings (SSSR count). The van der Waals surface area contributed by atoms with Gasteiger partial charge in [0.25, 0.3) is 0 Å². The van der Waals surface area contributed by atoms with Crippen molar-refractivity contribution in [3.8, 4) is 11.4 Å². The van der Waals surface area contributed by atoms with Crippen molar-refractivity contribution in [1.29, 1.82) is 0 Å². The van der Waals surface area contributed by atoms with E-state index in [2.05, 4.69) is 16.9 Å². The number of aryl methyl sites for hydroxylation is 1. The number of unbranched alkanes of at least 4 members (excludes halogenated alkanes) is 5. The Morgan fingerprint density at radius 1 is 0.963 bits per heavy atom. The number of carbonyl (C=O) groups is 1. The monoisotopic (exact) mass is 368 g/mol. The summed E-state index contributed by atoms with van der Waals surface area (Å²) in [6, 6.07) is 8.14. The van der Waals surface area contributed by atoms with Gasteiger partial charge in [0, 0.05) is 31.3 Å². The van der Waals surface area contributed by atoms with Crippen LogP contribution in [-0.2, 0) is 22.4 Å². The first-order valence-electron chi connectivity index (χ1n) is 10.2. The SMILES string of the molecule is CCCCCCCCc1cnc(-c2ccc(CC(C)OC(C)=O)cc2)nc1. The first-order valence-corrected chi connectivity index (χ1v) is 10.2. The molecule has 2 aromatic rings. The molecule has 0 aliphatic rings. The van der Waals surface area contributed by atoms with E-state index in [-0.39, 0.29) is 12.1 Å². The van der Waals surface area contributed by atoms with E-state index in [1.165, 1.54) is 51.0 Å². The predicted octanol–water partition coefficient (Wildman–Crippen LogP) is 5.54. The summed E-state index contributed by atoms with van der Waals surface area (Å²) in [5.41, 5.74) is 3.35. The van der Waals surface area contributed by atoms with Crippen molar-refractivity contribution in [2.45, 2.75) is 78.2 Å². The van der Waals surface area contributed by atoms with E-state index in [0.29, 0.717) is 6.42 Å². The molecule has 1 unspecified atom stereocenters. The first-order chi connectivity index (χ1) is 13.1. The van der Waals surface area contributed by atoms with Crippen molar-refractivity contribution in [1.82, 2.24) is 9.97 Å². The molecule has 1 aromatic heterocycles. The van der Waals surface area contributed by atoms with Crippen molar-refractivity contribution in [3.05, 3.63) is 47.8 Å². The Morgan fingerprint density at radius 2 is 1.59 bits per heavy atom. The molecule has 0 saturated carbocycles. The van der Waals surface area contributed by atoms with E-state index in [1.54, 1.807) is 0 Å². The first kappa shape index (κ1) is 21.1. The van der Waals surface area contributed by atoms with Crippen LogP contribution in [0.4, 0.5) is 0 Å². The highest BCUT2D eigenvalue weighted by atomic mass is 16.5. The number of rotatable bonds is 11. The van der Waals surface area contributed by atoms with Gasteiger partial charge < -0.3 is 4.74 Å². The Balaban J connectivity index is 1.83. The summed E-state index contributed by atoms with van der Waals surface area (Å²) in [5, 5.41) is 0. The molecule has 1 aromatic carbocycles. The molecule has 1 heterocycles. The van der Waals surface area contributed by atoms with E-state index in [0.717, 1.165) is 23.4 Å². The Bertz CT molecular complexity index is 681. The van der Waals surface area contributed by atoms with Crippen LogP contribution in [0.15, 0.2) is 36.7 Å². The van der Waals surface area contributed by atoms with E-state index in [9.17, 15) is 4.79 Å². The van der Waals surface area contributed by atoms with Crippen LogP contribution in [0.1, 0.15) is 70.4 Å². The largest absolute Gasteiger partial charge is 0.463 e. The molecule has 4 nitrogen and oxygen atoms in total. The zero-order valence-corrected chi connectivity index (χ0v) is 16.9.